The average molecular weight is 386 g/mol. The second-order valence-electron chi connectivity index (χ2n) is 8.22. The van der Waals surface area contributed by atoms with Gasteiger partial charge in [0.05, 0.1) is 0 Å². The first-order chi connectivity index (χ1) is 12.7. The quantitative estimate of drug-likeness (QED) is 0.645. The van der Waals surface area contributed by atoms with Crippen LogP contribution in [0.25, 0.3) is 0 Å². The SMILES string of the molecule is Cc1cc(O)cc2c1[C@H](c1ccc(F)cc1)C[C@@]1(CC(C)(C)NC(=S)N1)O2. The van der Waals surface area contributed by atoms with Crippen molar-refractivity contribution < 1.29 is 14.2 Å². The molecule has 0 radical (unpaired) electrons. The Morgan fingerprint density at radius 3 is 2.56 bits per heavy atom. The highest BCUT2D eigenvalue weighted by molar-refractivity contribution is 7.80. The van der Waals surface area contributed by atoms with E-state index in [1.165, 1.54) is 12.1 Å². The Balaban J connectivity index is 1.85. The number of hydrogen-bond acceptors (Lipinski definition) is 3. The van der Waals surface area contributed by atoms with E-state index in [0.29, 0.717) is 23.7 Å². The molecule has 0 unspecified atom stereocenters. The van der Waals surface area contributed by atoms with Gasteiger partial charge in [-0.25, -0.2) is 4.39 Å². The third-order valence-corrected chi connectivity index (χ3v) is 5.52. The van der Waals surface area contributed by atoms with E-state index in [0.717, 1.165) is 16.7 Å². The Bertz CT molecular complexity index is 913. The van der Waals surface area contributed by atoms with Crippen LogP contribution in [0.3, 0.4) is 0 Å². The molecule has 0 bridgehead atoms. The number of thiocarbonyl (C=S) groups is 1. The lowest BCUT2D eigenvalue weighted by Crippen LogP contribution is -2.69. The van der Waals surface area contributed by atoms with Crippen LogP contribution < -0.4 is 15.4 Å². The zero-order chi connectivity index (χ0) is 19.4. The van der Waals surface area contributed by atoms with Crippen molar-refractivity contribution in [2.45, 2.75) is 50.8 Å². The van der Waals surface area contributed by atoms with E-state index in [4.69, 9.17) is 17.0 Å². The summed E-state index contributed by atoms with van der Waals surface area (Å²) < 4.78 is 19.9. The van der Waals surface area contributed by atoms with Crippen LogP contribution in [0.5, 0.6) is 11.5 Å². The molecule has 4 nitrogen and oxygen atoms in total. The highest BCUT2D eigenvalue weighted by Gasteiger charge is 2.49. The molecule has 1 fully saturated rings. The highest BCUT2D eigenvalue weighted by Crippen LogP contribution is 2.49. The zero-order valence-corrected chi connectivity index (χ0v) is 16.4. The van der Waals surface area contributed by atoms with Gasteiger partial charge in [-0.1, -0.05) is 12.1 Å². The van der Waals surface area contributed by atoms with Crippen molar-refractivity contribution in [3.8, 4) is 11.5 Å². The van der Waals surface area contributed by atoms with Gasteiger partial charge in [-0.05, 0) is 62.3 Å². The van der Waals surface area contributed by atoms with Gasteiger partial charge < -0.3 is 20.5 Å². The van der Waals surface area contributed by atoms with Crippen molar-refractivity contribution in [3.05, 3.63) is 58.9 Å². The third-order valence-electron chi connectivity index (χ3n) is 5.31. The van der Waals surface area contributed by atoms with Crippen molar-refractivity contribution in [1.29, 1.82) is 0 Å². The summed E-state index contributed by atoms with van der Waals surface area (Å²) in [6, 6.07) is 9.99. The smallest absolute Gasteiger partial charge is 0.185 e. The number of rotatable bonds is 1. The van der Waals surface area contributed by atoms with Crippen molar-refractivity contribution in [1.82, 2.24) is 10.6 Å². The van der Waals surface area contributed by atoms with Crippen LogP contribution in [0.2, 0.25) is 0 Å². The van der Waals surface area contributed by atoms with Crippen LogP contribution in [0.4, 0.5) is 4.39 Å². The molecule has 2 atom stereocenters. The number of phenols is 1. The fourth-order valence-electron chi connectivity index (χ4n) is 4.47. The maximum absolute atomic E-state index is 13.5. The van der Waals surface area contributed by atoms with Gasteiger partial charge in [-0.2, -0.15) is 0 Å². The van der Waals surface area contributed by atoms with E-state index in [1.807, 2.05) is 19.1 Å². The summed E-state index contributed by atoms with van der Waals surface area (Å²) in [4.78, 5) is 0. The van der Waals surface area contributed by atoms with Gasteiger partial charge in [0.2, 0.25) is 0 Å². The fourth-order valence-corrected chi connectivity index (χ4v) is 4.94. The van der Waals surface area contributed by atoms with Crippen LogP contribution in [0.15, 0.2) is 36.4 Å². The molecule has 0 aliphatic carbocycles. The molecule has 2 heterocycles. The maximum Gasteiger partial charge on any atom is 0.185 e. The molecule has 0 saturated carbocycles. The molecule has 2 aromatic carbocycles. The summed E-state index contributed by atoms with van der Waals surface area (Å²) in [7, 11) is 0. The van der Waals surface area contributed by atoms with Crippen LogP contribution in [-0.2, 0) is 0 Å². The molecule has 0 amide bonds. The summed E-state index contributed by atoms with van der Waals surface area (Å²) in [6.07, 6.45) is 1.34. The fraction of sp³-hybridized carbons (Fsp3) is 0.381. The minimum absolute atomic E-state index is 0.000787. The van der Waals surface area contributed by atoms with Crippen molar-refractivity contribution in [2.75, 3.05) is 0 Å². The monoisotopic (exact) mass is 386 g/mol. The molecule has 27 heavy (non-hydrogen) atoms. The molecule has 2 aliphatic rings. The van der Waals surface area contributed by atoms with Crippen molar-refractivity contribution in [3.63, 3.8) is 0 Å². The summed E-state index contributed by atoms with van der Waals surface area (Å²) >= 11 is 5.43. The Labute approximate surface area is 163 Å². The van der Waals surface area contributed by atoms with E-state index in [2.05, 4.69) is 24.5 Å². The standard InChI is InChI=1S/C21H23FN2O2S/c1-12-8-15(25)9-17-18(12)16(13-4-6-14(22)7-5-13)10-21(26-17)11-20(2,3)23-19(27)24-21/h4-9,16,25H,10-11H2,1-3H3,(H2,23,24,27)/t16-,21-/m0/s1. The number of hydrogen-bond donors (Lipinski definition) is 3. The lowest BCUT2D eigenvalue weighted by atomic mass is 9.76. The Kier molecular flexibility index (Phi) is 4.07. The number of aryl methyl sites for hydroxylation is 1. The topological polar surface area (TPSA) is 53.5 Å². The molecular formula is C21H23FN2O2S. The van der Waals surface area contributed by atoms with E-state index in [1.54, 1.807) is 12.1 Å². The van der Waals surface area contributed by atoms with Crippen LogP contribution >= 0.6 is 12.2 Å². The van der Waals surface area contributed by atoms with Gasteiger partial charge in [0, 0.05) is 35.9 Å². The summed E-state index contributed by atoms with van der Waals surface area (Å²) in [6.45, 7) is 6.13. The van der Waals surface area contributed by atoms with Gasteiger partial charge in [-0.3, -0.25) is 0 Å². The Hall–Kier alpha value is -2.34. The van der Waals surface area contributed by atoms with Gasteiger partial charge in [0.15, 0.2) is 10.8 Å². The van der Waals surface area contributed by atoms with Crippen molar-refractivity contribution in [2.24, 2.45) is 0 Å². The van der Waals surface area contributed by atoms with E-state index in [9.17, 15) is 9.50 Å². The number of fused-ring (bicyclic) bond motifs is 1. The molecule has 4 rings (SSSR count). The molecule has 2 aromatic rings. The average Bonchev–Trinajstić information content (AvgIpc) is 2.51. The first-order valence-corrected chi connectivity index (χ1v) is 9.46. The van der Waals surface area contributed by atoms with Crippen LogP contribution in [-0.4, -0.2) is 21.5 Å². The highest BCUT2D eigenvalue weighted by atomic mass is 32.1. The summed E-state index contributed by atoms with van der Waals surface area (Å²) in [5.74, 6) is 0.544. The predicted octanol–water partition coefficient (Wildman–Crippen LogP) is 4.10. The first-order valence-electron chi connectivity index (χ1n) is 9.05. The second kappa shape index (κ2) is 6.09. The lowest BCUT2D eigenvalue weighted by molar-refractivity contribution is -0.0130. The first kappa shape index (κ1) is 18.0. The van der Waals surface area contributed by atoms with Crippen molar-refractivity contribution >= 4 is 17.3 Å². The largest absolute Gasteiger partial charge is 0.508 e. The molecular weight excluding hydrogens is 363 g/mol. The number of ether oxygens (including phenoxy) is 1. The number of nitrogens with one attached hydrogen (secondary N) is 2. The molecule has 2 aliphatic heterocycles. The Morgan fingerprint density at radius 1 is 1.19 bits per heavy atom. The second-order valence-corrected chi connectivity index (χ2v) is 8.63. The van der Waals surface area contributed by atoms with Gasteiger partial charge >= 0.3 is 0 Å². The molecule has 1 spiro atoms. The number of halogens is 1. The van der Waals surface area contributed by atoms with Crippen LogP contribution in [0, 0.1) is 12.7 Å². The van der Waals surface area contributed by atoms with Gasteiger partial charge in [-0.15, -0.1) is 0 Å². The molecule has 3 N–H and O–H groups in total. The summed E-state index contributed by atoms with van der Waals surface area (Å²) in [5.41, 5.74) is 2.05. The van der Waals surface area contributed by atoms with E-state index < -0.39 is 5.72 Å². The Morgan fingerprint density at radius 2 is 1.89 bits per heavy atom. The number of aromatic hydroxyl groups is 1. The number of benzene rings is 2. The van der Waals surface area contributed by atoms with Gasteiger partial charge in [0.25, 0.3) is 0 Å². The van der Waals surface area contributed by atoms with Crippen LogP contribution in [0.1, 0.15) is 49.3 Å². The van der Waals surface area contributed by atoms with E-state index >= 15 is 0 Å². The lowest BCUT2D eigenvalue weighted by Gasteiger charge is -2.50. The normalized spacial score (nSPS) is 25.9. The van der Waals surface area contributed by atoms with E-state index in [-0.39, 0.29) is 23.0 Å². The number of phenolic OH excluding ortho intramolecular Hbond substituents is 1. The molecule has 6 heteroatoms. The maximum atomic E-state index is 13.5. The summed E-state index contributed by atoms with van der Waals surface area (Å²) in [5, 5.41) is 17.3. The minimum Gasteiger partial charge on any atom is -0.508 e. The molecule has 142 valence electrons. The predicted molar refractivity (Wildman–Crippen MR) is 107 cm³/mol. The molecule has 1 saturated heterocycles. The zero-order valence-electron chi connectivity index (χ0n) is 15.6. The van der Waals surface area contributed by atoms with Gasteiger partial charge in [0.1, 0.15) is 17.3 Å². The third kappa shape index (κ3) is 3.34. The molecule has 0 aromatic heterocycles. The minimum atomic E-state index is -0.696.